The highest BCUT2D eigenvalue weighted by molar-refractivity contribution is 5.92. The highest BCUT2D eigenvalue weighted by Crippen LogP contribution is 2.47. The van der Waals surface area contributed by atoms with Gasteiger partial charge in [-0.05, 0) is 95.8 Å². The van der Waals surface area contributed by atoms with Gasteiger partial charge in [-0.2, -0.15) is 0 Å². The van der Waals surface area contributed by atoms with Gasteiger partial charge < -0.3 is 18.9 Å². The lowest BCUT2D eigenvalue weighted by Gasteiger charge is -2.10. The van der Waals surface area contributed by atoms with Crippen LogP contribution in [-0.4, -0.2) is 37.1 Å². The third kappa shape index (κ3) is 7.96. The van der Waals surface area contributed by atoms with Crippen molar-refractivity contribution < 1.29 is 38.1 Å². The van der Waals surface area contributed by atoms with Crippen LogP contribution in [0.15, 0.2) is 109 Å². The SMILES string of the molecule is C=C(C)C(=O)OCCc1ccc(C(=O)Oc2ccc3c(c2)C(C)c2cc(OC(=O)c4ccc(CCOC(=O)C(=C)C)cc4)ccc2-3)cc1. The molecule has 4 aromatic carbocycles. The van der Waals surface area contributed by atoms with E-state index in [0.717, 1.165) is 33.4 Å². The number of benzene rings is 4. The van der Waals surface area contributed by atoms with E-state index >= 15 is 0 Å². The van der Waals surface area contributed by atoms with Gasteiger partial charge in [0.1, 0.15) is 11.5 Å². The van der Waals surface area contributed by atoms with E-state index in [0.29, 0.717) is 46.6 Å². The molecule has 0 aliphatic heterocycles. The molecule has 8 heteroatoms. The van der Waals surface area contributed by atoms with Crippen LogP contribution in [0.4, 0.5) is 0 Å². The van der Waals surface area contributed by atoms with Crippen molar-refractivity contribution in [3.63, 3.8) is 0 Å². The molecule has 0 N–H and O–H groups in total. The van der Waals surface area contributed by atoms with Crippen LogP contribution >= 0.6 is 0 Å². The summed E-state index contributed by atoms with van der Waals surface area (Å²) in [5, 5.41) is 0. The first-order valence-electron chi connectivity index (χ1n) is 15.6. The summed E-state index contributed by atoms with van der Waals surface area (Å²) in [5.41, 5.74) is 7.40. The molecule has 0 fully saturated rings. The summed E-state index contributed by atoms with van der Waals surface area (Å²) in [7, 11) is 0. The molecule has 48 heavy (non-hydrogen) atoms. The number of ether oxygens (including phenoxy) is 4. The third-order valence-corrected chi connectivity index (χ3v) is 8.01. The second-order valence-corrected chi connectivity index (χ2v) is 11.7. The smallest absolute Gasteiger partial charge is 0.343 e. The second kappa shape index (κ2) is 14.8. The van der Waals surface area contributed by atoms with Gasteiger partial charge in [0.25, 0.3) is 0 Å². The van der Waals surface area contributed by atoms with Crippen LogP contribution in [0.3, 0.4) is 0 Å². The highest BCUT2D eigenvalue weighted by Gasteiger charge is 2.27. The van der Waals surface area contributed by atoms with Gasteiger partial charge in [-0.1, -0.05) is 56.5 Å². The van der Waals surface area contributed by atoms with Crippen LogP contribution in [0, 0.1) is 0 Å². The second-order valence-electron chi connectivity index (χ2n) is 11.7. The Balaban J connectivity index is 1.18. The monoisotopic (exact) mass is 644 g/mol. The molecule has 0 spiro atoms. The van der Waals surface area contributed by atoms with Crippen molar-refractivity contribution in [3.05, 3.63) is 143 Å². The topological polar surface area (TPSA) is 105 Å². The van der Waals surface area contributed by atoms with Crippen molar-refractivity contribution in [3.8, 4) is 22.6 Å². The number of rotatable bonds is 12. The van der Waals surface area contributed by atoms with Gasteiger partial charge >= 0.3 is 23.9 Å². The summed E-state index contributed by atoms with van der Waals surface area (Å²) in [6.07, 6.45) is 1.03. The number of hydrogen-bond acceptors (Lipinski definition) is 8. The van der Waals surface area contributed by atoms with Crippen LogP contribution in [0.2, 0.25) is 0 Å². The molecule has 8 nitrogen and oxygen atoms in total. The molecule has 1 aliphatic rings. The summed E-state index contributed by atoms with van der Waals surface area (Å²) < 4.78 is 21.7. The fraction of sp³-hybridized carbons (Fsp3) is 0.200. The zero-order chi connectivity index (χ0) is 34.4. The quantitative estimate of drug-likeness (QED) is 0.0883. The molecular formula is C40H36O8. The van der Waals surface area contributed by atoms with Gasteiger partial charge in [0.05, 0.1) is 24.3 Å². The lowest BCUT2D eigenvalue weighted by atomic mass is 9.99. The molecule has 0 unspecified atom stereocenters. The van der Waals surface area contributed by atoms with Gasteiger partial charge in [0.15, 0.2) is 0 Å². The highest BCUT2D eigenvalue weighted by atomic mass is 16.5. The fourth-order valence-electron chi connectivity index (χ4n) is 5.30. The lowest BCUT2D eigenvalue weighted by Crippen LogP contribution is -2.10. The average molecular weight is 645 g/mol. The van der Waals surface area contributed by atoms with Crippen molar-refractivity contribution in [1.29, 1.82) is 0 Å². The van der Waals surface area contributed by atoms with Gasteiger partial charge in [-0.15, -0.1) is 0 Å². The van der Waals surface area contributed by atoms with E-state index in [9.17, 15) is 19.2 Å². The molecule has 1 aliphatic carbocycles. The number of hydrogen-bond donors (Lipinski definition) is 0. The Morgan fingerprint density at radius 1 is 0.583 bits per heavy atom. The van der Waals surface area contributed by atoms with Crippen molar-refractivity contribution in [2.24, 2.45) is 0 Å². The van der Waals surface area contributed by atoms with Crippen LogP contribution < -0.4 is 9.47 Å². The maximum atomic E-state index is 12.9. The molecule has 0 saturated carbocycles. The summed E-state index contributed by atoms with van der Waals surface area (Å²) in [6, 6.07) is 25.1. The van der Waals surface area contributed by atoms with E-state index in [1.165, 1.54) is 0 Å². The maximum absolute atomic E-state index is 12.9. The number of esters is 4. The van der Waals surface area contributed by atoms with Gasteiger partial charge in [-0.3, -0.25) is 0 Å². The van der Waals surface area contributed by atoms with E-state index in [2.05, 4.69) is 20.1 Å². The Hall–Kier alpha value is -5.76. The molecule has 4 aromatic rings. The average Bonchev–Trinajstić information content (AvgIpc) is 3.35. The summed E-state index contributed by atoms with van der Waals surface area (Å²) in [4.78, 5) is 48.9. The van der Waals surface area contributed by atoms with Crippen LogP contribution in [0.5, 0.6) is 11.5 Å². The van der Waals surface area contributed by atoms with Crippen LogP contribution in [0.25, 0.3) is 11.1 Å². The molecule has 0 bridgehead atoms. The summed E-state index contributed by atoms with van der Waals surface area (Å²) in [6.45, 7) is 12.8. The summed E-state index contributed by atoms with van der Waals surface area (Å²) in [5.74, 6) is -0.982. The van der Waals surface area contributed by atoms with Gasteiger partial charge in [0.2, 0.25) is 0 Å². The minimum atomic E-state index is -0.480. The van der Waals surface area contributed by atoms with Crippen molar-refractivity contribution in [2.45, 2.75) is 39.5 Å². The van der Waals surface area contributed by atoms with E-state index in [1.54, 1.807) is 74.5 Å². The molecule has 244 valence electrons. The van der Waals surface area contributed by atoms with Crippen molar-refractivity contribution in [1.82, 2.24) is 0 Å². The first-order valence-corrected chi connectivity index (χ1v) is 15.6. The maximum Gasteiger partial charge on any atom is 0.343 e. The zero-order valence-electron chi connectivity index (χ0n) is 27.2. The first-order chi connectivity index (χ1) is 23.0. The van der Waals surface area contributed by atoms with Crippen molar-refractivity contribution in [2.75, 3.05) is 13.2 Å². The Kier molecular flexibility index (Phi) is 10.3. The van der Waals surface area contributed by atoms with Crippen molar-refractivity contribution >= 4 is 23.9 Å². The number of carbonyl (C=O) groups excluding carboxylic acids is 4. The molecule has 0 atom stereocenters. The van der Waals surface area contributed by atoms with Gasteiger partial charge in [0, 0.05) is 29.9 Å². The molecule has 5 rings (SSSR count). The van der Waals surface area contributed by atoms with Crippen LogP contribution in [-0.2, 0) is 31.9 Å². The normalized spacial score (nSPS) is 11.6. The Morgan fingerprint density at radius 3 is 1.31 bits per heavy atom. The molecule has 0 amide bonds. The van der Waals surface area contributed by atoms with E-state index in [-0.39, 0.29) is 19.1 Å². The fourth-order valence-corrected chi connectivity index (χ4v) is 5.30. The Morgan fingerprint density at radius 2 is 0.958 bits per heavy atom. The zero-order valence-corrected chi connectivity index (χ0v) is 27.2. The van der Waals surface area contributed by atoms with E-state index < -0.39 is 23.9 Å². The number of fused-ring (bicyclic) bond motifs is 3. The van der Waals surface area contributed by atoms with E-state index in [4.69, 9.17) is 18.9 Å². The predicted molar refractivity (Wildman–Crippen MR) is 181 cm³/mol. The molecule has 0 heterocycles. The predicted octanol–water partition coefficient (Wildman–Crippen LogP) is 7.58. The largest absolute Gasteiger partial charge is 0.462 e. The molecule has 0 saturated heterocycles. The lowest BCUT2D eigenvalue weighted by molar-refractivity contribution is -0.139. The summed E-state index contributed by atoms with van der Waals surface area (Å²) >= 11 is 0. The number of carbonyl (C=O) groups is 4. The third-order valence-electron chi connectivity index (χ3n) is 8.01. The molecular weight excluding hydrogens is 608 g/mol. The van der Waals surface area contributed by atoms with Crippen LogP contribution in [0.1, 0.15) is 69.7 Å². The first kappa shape index (κ1) is 33.6. The Labute approximate surface area is 279 Å². The minimum Gasteiger partial charge on any atom is -0.462 e. The van der Waals surface area contributed by atoms with E-state index in [1.807, 2.05) is 24.3 Å². The standard InChI is InChI=1S/C40H36O8/c1-24(2)37(41)45-20-18-27-6-10-29(11-7-27)39(43)47-31-14-16-33-34-17-15-32(23-36(34)26(5)35(33)22-31)48-40(44)30-12-8-28(9-13-30)19-21-46-38(42)25(3)4/h6-17,22-23,26H,1,3,18-21H2,2,4-5H3. The minimum absolute atomic E-state index is 0.0242. The Bertz CT molecular complexity index is 1760. The van der Waals surface area contributed by atoms with Gasteiger partial charge in [-0.25, -0.2) is 19.2 Å². The molecule has 0 radical (unpaired) electrons. The molecule has 0 aromatic heterocycles.